The highest BCUT2D eigenvalue weighted by atomic mass is 32.2. The predicted octanol–water partition coefficient (Wildman–Crippen LogP) is 2.18. The predicted molar refractivity (Wildman–Crippen MR) is 58.6 cm³/mol. The lowest BCUT2D eigenvalue weighted by Gasteiger charge is -2.05. The van der Waals surface area contributed by atoms with Crippen molar-refractivity contribution in [2.75, 3.05) is 0 Å². The first kappa shape index (κ1) is 10.5. The summed E-state index contributed by atoms with van der Waals surface area (Å²) in [6.45, 7) is 4.94. The molecule has 0 bridgehead atoms. The van der Waals surface area contributed by atoms with E-state index in [-0.39, 0.29) is 0 Å². The van der Waals surface area contributed by atoms with Gasteiger partial charge >= 0.3 is 0 Å². The van der Waals surface area contributed by atoms with E-state index in [1.807, 2.05) is 18.0 Å². The van der Waals surface area contributed by atoms with Crippen molar-refractivity contribution in [3.8, 4) is 0 Å². The van der Waals surface area contributed by atoms with Crippen LogP contribution >= 0.6 is 11.8 Å². The van der Waals surface area contributed by atoms with Crippen molar-refractivity contribution in [1.82, 2.24) is 4.98 Å². The molecule has 13 heavy (non-hydrogen) atoms. The van der Waals surface area contributed by atoms with Crippen LogP contribution in [0.2, 0.25) is 0 Å². The van der Waals surface area contributed by atoms with Crippen LogP contribution < -0.4 is 5.73 Å². The Kier molecular flexibility index (Phi) is 4.25. The first-order valence-electron chi connectivity index (χ1n) is 4.48. The summed E-state index contributed by atoms with van der Waals surface area (Å²) in [5, 5.41) is 0.675. The Labute approximate surface area is 83.9 Å². The van der Waals surface area contributed by atoms with E-state index in [0.717, 1.165) is 11.4 Å². The maximum Gasteiger partial charge on any atom is 0.0542 e. The minimum Gasteiger partial charge on any atom is -0.325 e. The molecule has 0 radical (unpaired) electrons. The van der Waals surface area contributed by atoms with Crippen LogP contribution in [0.4, 0.5) is 0 Å². The molecule has 0 atom stereocenters. The molecule has 72 valence electrons. The van der Waals surface area contributed by atoms with E-state index in [0.29, 0.717) is 11.8 Å². The summed E-state index contributed by atoms with van der Waals surface area (Å²) < 4.78 is 0. The molecular weight excluding hydrogens is 180 g/mol. The fourth-order valence-corrected chi connectivity index (χ4v) is 1.70. The third-order valence-electron chi connectivity index (χ3n) is 1.67. The Hall–Kier alpha value is -0.540. The highest BCUT2D eigenvalue weighted by Crippen LogP contribution is 2.16. The largest absolute Gasteiger partial charge is 0.325 e. The van der Waals surface area contributed by atoms with Gasteiger partial charge in [-0.05, 0) is 22.9 Å². The highest BCUT2D eigenvalue weighted by Gasteiger charge is 1.98. The number of hydrogen-bond acceptors (Lipinski definition) is 3. The van der Waals surface area contributed by atoms with Crippen LogP contribution in [0.1, 0.15) is 25.1 Å². The van der Waals surface area contributed by atoms with Crippen molar-refractivity contribution in [2.45, 2.75) is 31.4 Å². The van der Waals surface area contributed by atoms with Crippen LogP contribution in [0, 0.1) is 0 Å². The summed E-state index contributed by atoms with van der Waals surface area (Å²) in [6.07, 6.45) is 1.83. The van der Waals surface area contributed by atoms with Crippen molar-refractivity contribution in [3.63, 3.8) is 0 Å². The summed E-state index contributed by atoms with van der Waals surface area (Å²) in [5.74, 6) is 1.05. The summed E-state index contributed by atoms with van der Waals surface area (Å²) in [6, 6.07) is 4.13. The Balaban J connectivity index is 2.56. The molecule has 3 heteroatoms. The van der Waals surface area contributed by atoms with Gasteiger partial charge in [-0.25, -0.2) is 0 Å². The molecule has 2 N–H and O–H groups in total. The van der Waals surface area contributed by atoms with Gasteiger partial charge in [-0.1, -0.05) is 13.8 Å². The monoisotopic (exact) mass is 196 g/mol. The first-order valence-corrected chi connectivity index (χ1v) is 5.52. The maximum atomic E-state index is 5.51. The quantitative estimate of drug-likeness (QED) is 0.802. The lowest BCUT2D eigenvalue weighted by atomic mass is 10.2. The van der Waals surface area contributed by atoms with E-state index < -0.39 is 0 Å². The third-order valence-corrected chi connectivity index (χ3v) is 2.84. The Morgan fingerprint density at radius 1 is 1.54 bits per heavy atom. The second kappa shape index (κ2) is 5.25. The summed E-state index contributed by atoms with van der Waals surface area (Å²) >= 11 is 1.93. The van der Waals surface area contributed by atoms with Gasteiger partial charge in [-0.3, -0.25) is 4.98 Å². The fraction of sp³-hybridized carbons (Fsp3) is 0.500. The molecule has 1 aromatic rings. The topological polar surface area (TPSA) is 38.9 Å². The zero-order valence-corrected chi connectivity index (χ0v) is 8.97. The van der Waals surface area contributed by atoms with Crippen LogP contribution in [0.25, 0.3) is 0 Å². The SMILES string of the molecule is CC(C)SCc1ccnc(CN)c1. The van der Waals surface area contributed by atoms with Crippen molar-refractivity contribution in [3.05, 3.63) is 29.6 Å². The minimum absolute atomic E-state index is 0.528. The van der Waals surface area contributed by atoms with Gasteiger partial charge in [0.2, 0.25) is 0 Å². The third kappa shape index (κ3) is 3.79. The van der Waals surface area contributed by atoms with E-state index in [1.165, 1.54) is 5.56 Å². The number of rotatable bonds is 4. The molecule has 0 aliphatic rings. The van der Waals surface area contributed by atoms with Gasteiger partial charge in [-0.15, -0.1) is 0 Å². The molecule has 1 rings (SSSR count). The fourth-order valence-electron chi connectivity index (χ4n) is 0.992. The normalized spacial score (nSPS) is 10.8. The average Bonchev–Trinajstić information content (AvgIpc) is 2.15. The van der Waals surface area contributed by atoms with Crippen molar-refractivity contribution >= 4 is 11.8 Å². The minimum atomic E-state index is 0.528. The highest BCUT2D eigenvalue weighted by molar-refractivity contribution is 7.99. The Morgan fingerprint density at radius 3 is 2.92 bits per heavy atom. The molecule has 0 aliphatic heterocycles. The lowest BCUT2D eigenvalue weighted by Crippen LogP contribution is -2.00. The Bertz CT molecular complexity index is 261. The van der Waals surface area contributed by atoms with Gasteiger partial charge in [0.05, 0.1) is 5.69 Å². The van der Waals surface area contributed by atoms with E-state index in [2.05, 4.69) is 31.0 Å². The van der Waals surface area contributed by atoms with Gasteiger partial charge in [0.15, 0.2) is 0 Å². The van der Waals surface area contributed by atoms with Crippen molar-refractivity contribution < 1.29 is 0 Å². The molecule has 0 saturated carbocycles. The number of aromatic nitrogens is 1. The molecule has 0 spiro atoms. The zero-order chi connectivity index (χ0) is 9.68. The zero-order valence-electron chi connectivity index (χ0n) is 8.16. The summed E-state index contributed by atoms with van der Waals surface area (Å²) in [4.78, 5) is 4.15. The van der Waals surface area contributed by atoms with E-state index in [1.54, 1.807) is 0 Å². The molecule has 0 amide bonds. The van der Waals surface area contributed by atoms with Gasteiger partial charge in [0, 0.05) is 18.5 Å². The molecule has 1 aromatic heterocycles. The van der Waals surface area contributed by atoms with Crippen LogP contribution in [-0.2, 0) is 12.3 Å². The number of thioether (sulfide) groups is 1. The number of hydrogen-bond donors (Lipinski definition) is 1. The smallest absolute Gasteiger partial charge is 0.0542 e. The molecule has 0 unspecified atom stereocenters. The van der Waals surface area contributed by atoms with Gasteiger partial charge < -0.3 is 5.73 Å². The van der Waals surface area contributed by atoms with Crippen LogP contribution in [0.3, 0.4) is 0 Å². The first-order chi connectivity index (χ1) is 6.22. The van der Waals surface area contributed by atoms with E-state index >= 15 is 0 Å². The number of nitrogens with two attached hydrogens (primary N) is 1. The number of nitrogens with zero attached hydrogens (tertiary/aromatic N) is 1. The maximum absolute atomic E-state index is 5.51. The second-order valence-electron chi connectivity index (χ2n) is 3.22. The van der Waals surface area contributed by atoms with Crippen molar-refractivity contribution in [1.29, 1.82) is 0 Å². The Morgan fingerprint density at radius 2 is 2.31 bits per heavy atom. The molecule has 0 fully saturated rings. The molecular formula is C10H16N2S. The molecule has 0 saturated heterocycles. The summed E-state index contributed by atoms with van der Waals surface area (Å²) in [7, 11) is 0. The van der Waals surface area contributed by atoms with Crippen molar-refractivity contribution in [2.24, 2.45) is 5.73 Å². The molecule has 0 aliphatic carbocycles. The van der Waals surface area contributed by atoms with Gasteiger partial charge in [0.25, 0.3) is 0 Å². The van der Waals surface area contributed by atoms with E-state index in [9.17, 15) is 0 Å². The summed E-state index contributed by atoms with van der Waals surface area (Å²) in [5.41, 5.74) is 7.79. The number of pyridine rings is 1. The second-order valence-corrected chi connectivity index (χ2v) is 4.78. The van der Waals surface area contributed by atoms with Gasteiger partial charge in [0.1, 0.15) is 0 Å². The molecule has 0 aromatic carbocycles. The van der Waals surface area contributed by atoms with Gasteiger partial charge in [-0.2, -0.15) is 11.8 Å². The standard InChI is InChI=1S/C10H16N2S/c1-8(2)13-7-9-3-4-12-10(5-9)6-11/h3-5,8H,6-7,11H2,1-2H3. The van der Waals surface area contributed by atoms with Crippen LogP contribution in [0.15, 0.2) is 18.3 Å². The van der Waals surface area contributed by atoms with Crippen LogP contribution in [-0.4, -0.2) is 10.2 Å². The lowest BCUT2D eigenvalue weighted by molar-refractivity contribution is 0.982. The molecule has 1 heterocycles. The average molecular weight is 196 g/mol. The van der Waals surface area contributed by atoms with E-state index in [4.69, 9.17) is 5.73 Å². The van der Waals surface area contributed by atoms with Crippen LogP contribution in [0.5, 0.6) is 0 Å². The molecule has 2 nitrogen and oxygen atoms in total.